The fraction of sp³-hybridized carbons (Fsp3) is 0.400. The van der Waals surface area contributed by atoms with Crippen LogP contribution in [-0.4, -0.2) is 42.3 Å². The zero-order valence-electron chi connectivity index (χ0n) is 15.9. The highest BCUT2D eigenvalue weighted by molar-refractivity contribution is 5.81. The lowest BCUT2D eigenvalue weighted by atomic mass is 10.1. The summed E-state index contributed by atoms with van der Waals surface area (Å²) in [6.45, 7) is 7.11. The molecule has 0 unspecified atom stereocenters. The first-order valence-electron chi connectivity index (χ1n) is 9.30. The average molecular weight is 364 g/mol. The predicted octanol–water partition coefficient (Wildman–Crippen LogP) is 2.35. The Balaban J connectivity index is 1.53. The van der Waals surface area contributed by atoms with Crippen molar-refractivity contribution < 1.29 is 4.79 Å². The molecule has 1 aromatic carbocycles. The van der Waals surface area contributed by atoms with Crippen molar-refractivity contribution in [1.29, 1.82) is 0 Å². The number of aromatic nitrogens is 5. The summed E-state index contributed by atoms with van der Waals surface area (Å²) in [6, 6.07) is 9.95. The highest BCUT2D eigenvalue weighted by Crippen LogP contribution is 2.25. The van der Waals surface area contributed by atoms with Gasteiger partial charge in [0.2, 0.25) is 5.91 Å². The van der Waals surface area contributed by atoms with Gasteiger partial charge in [0.1, 0.15) is 11.9 Å². The molecule has 0 bridgehead atoms. The van der Waals surface area contributed by atoms with E-state index in [4.69, 9.17) is 0 Å². The van der Waals surface area contributed by atoms with Gasteiger partial charge in [0.15, 0.2) is 5.82 Å². The lowest BCUT2D eigenvalue weighted by molar-refractivity contribution is -0.137. The van der Waals surface area contributed by atoms with Crippen LogP contribution in [0.3, 0.4) is 0 Å². The third-order valence-corrected chi connectivity index (χ3v) is 5.35. The highest BCUT2D eigenvalue weighted by Gasteiger charge is 2.33. The quantitative estimate of drug-likeness (QED) is 0.754. The predicted molar refractivity (Wildman–Crippen MR) is 101 cm³/mol. The van der Waals surface area contributed by atoms with Crippen molar-refractivity contribution >= 4 is 5.91 Å². The molecule has 3 heterocycles. The van der Waals surface area contributed by atoms with Gasteiger partial charge in [0.25, 0.3) is 0 Å². The van der Waals surface area contributed by atoms with Gasteiger partial charge in [0.05, 0.1) is 12.2 Å². The number of carbonyl (C=O) groups is 1. The van der Waals surface area contributed by atoms with Crippen molar-refractivity contribution in [3.8, 4) is 0 Å². The first-order valence-corrected chi connectivity index (χ1v) is 9.30. The molecule has 1 aliphatic rings. The van der Waals surface area contributed by atoms with Crippen LogP contribution in [-0.2, 0) is 24.2 Å². The van der Waals surface area contributed by atoms with Gasteiger partial charge in [-0.05, 0) is 32.8 Å². The fourth-order valence-corrected chi connectivity index (χ4v) is 3.75. The summed E-state index contributed by atoms with van der Waals surface area (Å²) in [5, 5.41) is 16.0. The van der Waals surface area contributed by atoms with Gasteiger partial charge >= 0.3 is 0 Å². The molecule has 0 spiro atoms. The molecule has 0 radical (unpaired) electrons. The molecule has 0 aliphatic carbocycles. The number of hydrogen-bond acceptors (Lipinski definition) is 4. The Bertz CT molecular complexity index is 939. The molecular formula is C20H24N6O. The van der Waals surface area contributed by atoms with E-state index >= 15 is 0 Å². The monoisotopic (exact) mass is 364 g/mol. The van der Waals surface area contributed by atoms with E-state index in [9.17, 15) is 4.79 Å². The summed E-state index contributed by atoms with van der Waals surface area (Å²) in [4.78, 5) is 14.8. The Morgan fingerprint density at radius 2 is 1.96 bits per heavy atom. The minimum absolute atomic E-state index is 0.125. The number of nitrogens with one attached hydrogen (secondary N) is 1. The van der Waals surface area contributed by atoms with Crippen LogP contribution in [0, 0.1) is 13.8 Å². The Hall–Kier alpha value is -2.96. The van der Waals surface area contributed by atoms with E-state index in [-0.39, 0.29) is 11.9 Å². The largest absolute Gasteiger partial charge is 0.333 e. The van der Waals surface area contributed by atoms with Crippen LogP contribution >= 0.6 is 0 Å². The maximum absolute atomic E-state index is 12.9. The van der Waals surface area contributed by atoms with E-state index < -0.39 is 0 Å². The normalized spacial score (nSPS) is 16.6. The number of fused-ring (bicyclic) bond motifs is 1. The lowest BCUT2D eigenvalue weighted by Crippen LogP contribution is -2.43. The topological polar surface area (TPSA) is 79.7 Å². The van der Waals surface area contributed by atoms with Crippen molar-refractivity contribution in [2.75, 3.05) is 6.54 Å². The summed E-state index contributed by atoms with van der Waals surface area (Å²) >= 11 is 0. The second-order valence-electron chi connectivity index (χ2n) is 7.16. The third kappa shape index (κ3) is 3.25. The molecule has 1 N–H and O–H groups in total. The Morgan fingerprint density at radius 3 is 2.67 bits per heavy atom. The minimum Gasteiger partial charge on any atom is -0.333 e. The number of hydrogen-bond donors (Lipinski definition) is 1. The van der Waals surface area contributed by atoms with Crippen molar-refractivity contribution in [3.05, 3.63) is 64.5 Å². The number of aryl methyl sites for hydroxylation is 2. The van der Waals surface area contributed by atoms with Crippen LogP contribution in [0.2, 0.25) is 0 Å². The summed E-state index contributed by atoms with van der Waals surface area (Å²) < 4.78 is 1.99. The van der Waals surface area contributed by atoms with Crippen LogP contribution in [0.5, 0.6) is 0 Å². The van der Waals surface area contributed by atoms with Gasteiger partial charge in [-0.15, -0.1) is 10.2 Å². The van der Waals surface area contributed by atoms with Crippen molar-refractivity contribution in [1.82, 2.24) is 29.9 Å². The Kier molecular flexibility index (Phi) is 4.51. The van der Waals surface area contributed by atoms with Gasteiger partial charge in [-0.1, -0.05) is 30.3 Å². The standard InChI is InChI=1S/C20H24N6O/c1-13-17(14(2)22-21-13)11-18-23-24-19-12-25(20(27)15(3)26(18)19)10-9-16-7-5-4-6-8-16/h4-8,15H,9-12H2,1-3H3,(H,21,22)/t15-/m1/s1. The van der Waals surface area contributed by atoms with Crippen molar-refractivity contribution in [2.24, 2.45) is 0 Å². The fourth-order valence-electron chi connectivity index (χ4n) is 3.75. The average Bonchev–Trinajstić information content (AvgIpc) is 3.22. The van der Waals surface area contributed by atoms with Gasteiger partial charge in [-0.25, -0.2) is 0 Å². The van der Waals surface area contributed by atoms with Crippen LogP contribution in [0.15, 0.2) is 30.3 Å². The highest BCUT2D eigenvalue weighted by atomic mass is 16.2. The molecule has 1 atom stereocenters. The van der Waals surface area contributed by atoms with Gasteiger partial charge in [-0.2, -0.15) is 5.10 Å². The number of benzene rings is 1. The molecule has 4 rings (SSSR count). The molecule has 0 saturated carbocycles. The number of nitrogens with zero attached hydrogens (tertiary/aromatic N) is 5. The molecule has 7 nitrogen and oxygen atoms in total. The van der Waals surface area contributed by atoms with E-state index in [1.54, 1.807) is 0 Å². The zero-order chi connectivity index (χ0) is 19.0. The first kappa shape index (κ1) is 17.5. The second-order valence-corrected chi connectivity index (χ2v) is 7.16. The third-order valence-electron chi connectivity index (χ3n) is 5.35. The van der Waals surface area contributed by atoms with Gasteiger partial charge in [0, 0.05) is 24.2 Å². The van der Waals surface area contributed by atoms with Crippen molar-refractivity contribution in [3.63, 3.8) is 0 Å². The molecule has 7 heteroatoms. The molecule has 2 aromatic heterocycles. The van der Waals surface area contributed by atoms with E-state index in [0.29, 0.717) is 19.5 Å². The summed E-state index contributed by atoms with van der Waals surface area (Å²) in [5.41, 5.74) is 4.35. The SMILES string of the molecule is Cc1n[nH]c(C)c1Cc1nnc2n1[C@H](C)C(=O)N(CCc1ccccc1)C2. The number of amides is 1. The Morgan fingerprint density at radius 1 is 1.19 bits per heavy atom. The number of aromatic amines is 1. The summed E-state index contributed by atoms with van der Waals surface area (Å²) in [7, 11) is 0. The van der Waals surface area contributed by atoms with Crippen LogP contribution < -0.4 is 0 Å². The van der Waals surface area contributed by atoms with Crippen LogP contribution in [0.4, 0.5) is 0 Å². The minimum atomic E-state index is -0.290. The molecule has 3 aromatic rings. The number of carbonyl (C=O) groups excluding carboxylic acids is 1. The number of rotatable bonds is 5. The maximum atomic E-state index is 12.9. The lowest BCUT2D eigenvalue weighted by Gasteiger charge is -2.32. The van der Waals surface area contributed by atoms with Gasteiger partial charge in [-0.3, -0.25) is 9.89 Å². The Labute approximate surface area is 158 Å². The molecule has 140 valence electrons. The maximum Gasteiger partial charge on any atom is 0.245 e. The summed E-state index contributed by atoms with van der Waals surface area (Å²) in [6.07, 6.45) is 1.47. The van der Waals surface area contributed by atoms with Gasteiger partial charge < -0.3 is 9.47 Å². The summed E-state index contributed by atoms with van der Waals surface area (Å²) in [5.74, 6) is 1.80. The zero-order valence-corrected chi connectivity index (χ0v) is 15.9. The molecular weight excluding hydrogens is 340 g/mol. The second kappa shape index (κ2) is 6.98. The van der Waals surface area contributed by atoms with Crippen LogP contribution in [0.25, 0.3) is 0 Å². The molecule has 27 heavy (non-hydrogen) atoms. The molecule has 1 amide bonds. The van der Waals surface area contributed by atoms with E-state index in [1.165, 1.54) is 5.56 Å². The van der Waals surface area contributed by atoms with E-state index in [2.05, 4.69) is 32.5 Å². The van der Waals surface area contributed by atoms with Crippen molar-refractivity contribution in [2.45, 2.75) is 46.2 Å². The van der Waals surface area contributed by atoms with Crippen LogP contribution in [0.1, 0.15) is 47.1 Å². The molecule has 0 saturated heterocycles. The van der Waals surface area contributed by atoms with E-state index in [0.717, 1.165) is 35.0 Å². The first-order chi connectivity index (χ1) is 13.0. The number of H-pyrrole nitrogens is 1. The van der Waals surface area contributed by atoms with E-state index in [1.807, 2.05) is 48.4 Å². The molecule has 0 fully saturated rings. The smallest absolute Gasteiger partial charge is 0.245 e. The molecule has 1 aliphatic heterocycles.